The lowest BCUT2D eigenvalue weighted by Crippen LogP contribution is -2.51. The van der Waals surface area contributed by atoms with Gasteiger partial charge in [0.2, 0.25) is 0 Å². The topological polar surface area (TPSA) is 36.3 Å². The van der Waals surface area contributed by atoms with Gasteiger partial charge in [-0.1, -0.05) is 0 Å². The second kappa shape index (κ2) is 3.47. The average molecular weight is 210 g/mol. The van der Waals surface area contributed by atoms with Crippen molar-refractivity contribution in [2.75, 3.05) is 0 Å². The van der Waals surface area contributed by atoms with E-state index in [1.165, 1.54) is 0 Å². The predicted molar refractivity (Wildman–Crippen MR) is 60.0 cm³/mol. The smallest absolute Gasteiger partial charge is 0.170 e. The Labute approximate surface area is 93.0 Å². The Morgan fingerprint density at radius 3 is 1.87 bits per heavy atom. The van der Waals surface area contributed by atoms with E-state index in [1.54, 1.807) is 13.8 Å². The molecule has 0 saturated carbocycles. The number of hydroxylamine groups is 2. The van der Waals surface area contributed by atoms with Crippen LogP contribution in [0.5, 0.6) is 0 Å². The van der Waals surface area contributed by atoms with E-state index in [9.17, 15) is 0 Å². The molecule has 0 spiro atoms. The molecule has 1 aliphatic heterocycles. The second-order valence-corrected chi connectivity index (χ2v) is 6.13. The van der Waals surface area contributed by atoms with Crippen LogP contribution >= 0.6 is 0 Å². The summed E-state index contributed by atoms with van der Waals surface area (Å²) in [5.41, 5.74) is -0.728. The Bertz CT molecular complexity index is 270. The third-order valence-corrected chi connectivity index (χ3v) is 3.04. The summed E-state index contributed by atoms with van der Waals surface area (Å²) in [5.74, 6) is 0. The van der Waals surface area contributed by atoms with E-state index in [1.807, 2.05) is 5.06 Å². The molecule has 3 nitrogen and oxygen atoms in total. The summed E-state index contributed by atoms with van der Waals surface area (Å²) in [7, 11) is 0. The summed E-state index contributed by atoms with van der Waals surface area (Å²) in [6.07, 6.45) is 2.20. The van der Waals surface area contributed by atoms with E-state index < -0.39 is 5.60 Å². The molecule has 0 amide bonds. The average Bonchev–Trinajstić information content (AvgIpc) is 2.29. The first-order chi connectivity index (χ1) is 6.61. The number of hydrogen-bond acceptors (Lipinski definition) is 3. The van der Waals surface area contributed by atoms with Crippen LogP contribution in [0.4, 0.5) is 0 Å². The molecule has 1 rings (SSSR count). The van der Waals surface area contributed by atoms with Gasteiger partial charge >= 0.3 is 0 Å². The lowest BCUT2D eigenvalue weighted by molar-refractivity contribution is -0.282. The fourth-order valence-electron chi connectivity index (χ4n) is 2.13. The highest BCUT2D eigenvalue weighted by atomic mass is 16.7. The van der Waals surface area contributed by atoms with Crippen LogP contribution in [0, 0.1) is 11.3 Å². The minimum Gasteiger partial charge on any atom is -0.277 e. The van der Waals surface area contributed by atoms with Crippen LogP contribution < -0.4 is 0 Å². The number of nitrogens with zero attached hydrogens (tertiary/aromatic N) is 2. The molecule has 0 N–H and O–H groups in total. The van der Waals surface area contributed by atoms with Gasteiger partial charge in [-0.15, -0.1) is 0 Å². The summed E-state index contributed by atoms with van der Waals surface area (Å²) >= 11 is 0. The maximum atomic E-state index is 8.99. The first kappa shape index (κ1) is 12.5. The molecular weight excluding hydrogens is 188 g/mol. The Morgan fingerprint density at radius 1 is 1.13 bits per heavy atom. The van der Waals surface area contributed by atoms with E-state index in [4.69, 9.17) is 10.1 Å². The zero-order valence-electron chi connectivity index (χ0n) is 10.7. The summed E-state index contributed by atoms with van der Waals surface area (Å²) in [5, 5.41) is 11.0. The molecule has 0 atom stereocenters. The van der Waals surface area contributed by atoms with Crippen molar-refractivity contribution in [1.29, 1.82) is 5.26 Å². The molecule has 0 aromatic rings. The molecule has 0 bridgehead atoms. The van der Waals surface area contributed by atoms with Crippen molar-refractivity contribution in [3.63, 3.8) is 0 Å². The van der Waals surface area contributed by atoms with Crippen molar-refractivity contribution in [1.82, 2.24) is 5.06 Å². The predicted octanol–water partition coefficient (Wildman–Crippen LogP) is 2.87. The van der Waals surface area contributed by atoms with Crippen molar-refractivity contribution >= 4 is 0 Å². The second-order valence-electron chi connectivity index (χ2n) is 6.13. The molecule has 3 heteroatoms. The molecular formula is C12H22N2O. The Morgan fingerprint density at radius 2 is 1.53 bits per heavy atom. The Balaban J connectivity index is 2.88. The van der Waals surface area contributed by atoms with E-state index >= 15 is 0 Å². The van der Waals surface area contributed by atoms with Crippen LogP contribution in [0.3, 0.4) is 0 Å². The van der Waals surface area contributed by atoms with E-state index in [0.29, 0.717) is 0 Å². The molecule has 1 heterocycles. The van der Waals surface area contributed by atoms with Crippen LogP contribution in [0.15, 0.2) is 0 Å². The van der Waals surface area contributed by atoms with Crippen molar-refractivity contribution in [3.8, 4) is 6.07 Å². The van der Waals surface area contributed by atoms with Crippen molar-refractivity contribution in [2.45, 2.75) is 71.1 Å². The van der Waals surface area contributed by atoms with Crippen molar-refractivity contribution < 1.29 is 4.84 Å². The molecule has 0 aromatic heterocycles. The maximum absolute atomic E-state index is 8.99. The van der Waals surface area contributed by atoms with Gasteiger partial charge in [-0.05, 0) is 54.4 Å². The highest BCUT2D eigenvalue weighted by Gasteiger charge is 2.47. The largest absolute Gasteiger partial charge is 0.277 e. The first-order valence-electron chi connectivity index (χ1n) is 5.51. The summed E-state index contributed by atoms with van der Waals surface area (Å²) in [6, 6.07) is 2.18. The van der Waals surface area contributed by atoms with Gasteiger partial charge in [0.25, 0.3) is 0 Å². The lowest BCUT2D eigenvalue weighted by Gasteiger charge is -2.41. The Kier molecular flexibility index (Phi) is 2.88. The van der Waals surface area contributed by atoms with Gasteiger partial charge in [-0.2, -0.15) is 10.3 Å². The molecule has 1 aliphatic rings. The van der Waals surface area contributed by atoms with E-state index in [-0.39, 0.29) is 11.1 Å². The van der Waals surface area contributed by atoms with Crippen LogP contribution in [0.2, 0.25) is 0 Å². The fourth-order valence-corrected chi connectivity index (χ4v) is 2.13. The number of hydrogen-bond donors (Lipinski definition) is 0. The van der Waals surface area contributed by atoms with Gasteiger partial charge < -0.3 is 0 Å². The zero-order chi connectivity index (χ0) is 11.9. The third-order valence-electron chi connectivity index (χ3n) is 3.04. The molecule has 0 aliphatic carbocycles. The summed E-state index contributed by atoms with van der Waals surface area (Å²) < 4.78 is 0. The quantitative estimate of drug-likeness (QED) is 0.703. The number of rotatable bonds is 2. The van der Waals surface area contributed by atoms with Crippen LogP contribution in [-0.4, -0.2) is 21.7 Å². The molecule has 0 radical (unpaired) electrons. The third kappa shape index (κ3) is 2.50. The van der Waals surface area contributed by atoms with Gasteiger partial charge in [0.15, 0.2) is 5.60 Å². The van der Waals surface area contributed by atoms with E-state index in [2.05, 4.69) is 33.8 Å². The molecule has 0 aromatic carbocycles. The molecule has 15 heavy (non-hydrogen) atoms. The highest BCUT2D eigenvalue weighted by Crippen LogP contribution is 2.41. The Hall–Kier alpha value is -0.590. The molecule has 1 fully saturated rings. The lowest BCUT2D eigenvalue weighted by atomic mass is 10.0. The van der Waals surface area contributed by atoms with Gasteiger partial charge in [-0.3, -0.25) is 4.84 Å². The number of nitriles is 1. The maximum Gasteiger partial charge on any atom is 0.170 e. The minimum absolute atomic E-state index is 0.0115. The highest BCUT2D eigenvalue weighted by molar-refractivity contribution is 5.00. The van der Waals surface area contributed by atoms with Gasteiger partial charge in [0, 0.05) is 11.1 Å². The van der Waals surface area contributed by atoms with Gasteiger partial charge in [0.1, 0.15) is 0 Å². The normalized spacial score (nSPS) is 25.1. The molecule has 0 unspecified atom stereocenters. The van der Waals surface area contributed by atoms with Gasteiger partial charge in [0.05, 0.1) is 6.07 Å². The van der Waals surface area contributed by atoms with Crippen molar-refractivity contribution in [3.05, 3.63) is 0 Å². The SMILES string of the molecule is CC(C)(C#N)ON1C(C)(C)CCC1(C)C. The summed E-state index contributed by atoms with van der Waals surface area (Å²) in [4.78, 5) is 5.85. The minimum atomic E-state index is -0.751. The van der Waals surface area contributed by atoms with Crippen LogP contribution in [-0.2, 0) is 4.84 Å². The molecule has 1 saturated heterocycles. The van der Waals surface area contributed by atoms with Crippen LogP contribution in [0.1, 0.15) is 54.4 Å². The summed E-state index contributed by atoms with van der Waals surface area (Å²) in [6.45, 7) is 12.3. The first-order valence-corrected chi connectivity index (χ1v) is 5.51. The van der Waals surface area contributed by atoms with Crippen LogP contribution in [0.25, 0.3) is 0 Å². The monoisotopic (exact) mass is 210 g/mol. The van der Waals surface area contributed by atoms with Gasteiger partial charge in [-0.25, -0.2) is 0 Å². The zero-order valence-corrected chi connectivity index (χ0v) is 10.7. The van der Waals surface area contributed by atoms with E-state index in [0.717, 1.165) is 12.8 Å². The standard InChI is InChI=1S/C12H22N2O/c1-10(2)7-8-11(3,4)14(10)15-12(5,6)9-13/h7-8H2,1-6H3. The van der Waals surface area contributed by atoms with Crippen molar-refractivity contribution in [2.24, 2.45) is 0 Å². The molecule has 86 valence electrons. The fraction of sp³-hybridized carbons (Fsp3) is 0.917.